The zero-order valence-electron chi connectivity index (χ0n) is 36.1. The average Bonchev–Trinajstić information content (AvgIpc) is 3.20. The molecular formula is C44H83O13P. The second-order valence-corrected chi connectivity index (χ2v) is 17.7. The number of hydrogen-bond donors (Lipinski definition) is 6. The lowest BCUT2D eigenvalue weighted by molar-refractivity contribution is -0.220. The number of ether oxygens (including phenoxy) is 2. The summed E-state index contributed by atoms with van der Waals surface area (Å²) in [6.07, 6.45) is 22.7. The van der Waals surface area contributed by atoms with Gasteiger partial charge in [-0.25, -0.2) is 4.57 Å². The SMILES string of the molecule is CCCCCCCC/C=C\CCCCCCCCCC(=O)OC[C@H](COP(=O)(O)OC1C(O)C(O)C(O)[C@@H](O)C1O)OC(=O)CCCCCCCCCCCCCC. The van der Waals surface area contributed by atoms with Crippen molar-refractivity contribution in [2.75, 3.05) is 13.2 Å². The van der Waals surface area contributed by atoms with Crippen molar-refractivity contribution in [2.24, 2.45) is 0 Å². The van der Waals surface area contributed by atoms with Crippen molar-refractivity contribution in [1.29, 1.82) is 0 Å². The molecule has 6 unspecified atom stereocenters. The normalized spacial score (nSPS) is 22.6. The van der Waals surface area contributed by atoms with Crippen LogP contribution in [0.3, 0.4) is 0 Å². The molecule has 0 radical (unpaired) electrons. The maximum Gasteiger partial charge on any atom is 0.472 e. The van der Waals surface area contributed by atoms with Crippen molar-refractivity contribution < 1.29 is 63.1 Å². The Balaban J connectivity index is 2.44. The maximum absolute atomic E-state index is 12.8. The highest BCUT2D eigenvalue weighted by molar-refractivity contribution is 7.47. The van der Waals surface area contributed by atoms with Gasteiger partial charge in [0.2, 0.25) is 0 Å². The van der Waals surface area contributed by atoms with E-state index in [-0.39, 0.29) is 12.8 Å². The summed E-state index contributed by atoms with van der Waals surface area (Å²) in [5.41, 5.74) is 0. The minimum atomic E-state index is -5.11. The smallest absolute Gasteiger partial charge is 0.462 e. The second-order valence-electron chi connectivity index (χ2n) is 16.3. The fourth-order valence-electron chi connectivity index (χ4n) is 7.11. The Hall–Kier alpha value is -1.41. The number of esters is 2. The number of phosphoric ester groups is 1. The summed E-state index contributed by atoms with van der Waals surface area (Å²) in [6, 6.07) is 0. The van der Waals surface area contributed by atoms with Gasteiger partial charge in [-0.2, -0.15) is 0 Å². The lowest BCUT2D eigenvalue weighted by Gasteiger charge is -2.41. The van der Waals surface area contributed by atoms with Gasteiger partial charge in [-0.05, 0) is 38.5 Å². The molecule has 6 N–H and O–H groups in total. The molecule has 0 saturated heterocycles. The lowest BCUT2D eigenvalue weighted by Crippen LogP contribution is -2.64. The van der Waals surface area contributed by atoms with Crippen molar-refractivity contribution in [1.82, 2.24) is 0 Å². The molecule has 1 saturated carbocycles. The first-order chi connectivity index (χ1) is 27.9. The maximum atomic E-state index is 12.8. The van der Waals surface area contributed by atoms with Crippen molar-refractivity contribution in [3.05, 3.63) is 12.2 Å². The molecule has 8 atom stereocenters. The molecule has 13 nitrogen and oxygen atoms in total. The molecule has 1 rings (SSSR count). The Bertz CT molecular complexity index is 1080. The molecule has 0 aliphatic heterocycles. The van der Waals surface area contributed by atoms with Crippen LogP contribution in [0.4, 0.5) is 0 Å². The van der Waals surface area contributed by atoms with Crippen LogP contribution in [0.1, 0.15) is 200 Å². The number of rotatable bonds is 38. The van der Waals surface area contributed by atoms with E-state index in [2.05, 4.69) is 26.0 Å². The molecule has 0 heterocycles. The van der Waals surface area contributed by atoms with Gasteiger partial charge < -0.3 is 39.9 Å². The zero-order valence-corrected chi connectivity index (χ0v) is 37.0. The lowest BCUT2D eigenvalue weighted by atomic mass is 9.85. The van der Waals surface area contributed by atoms with E-state index in [9.17, 15) is 44.6 Å². The fraction of sp³-hybridized carbons (Fsp3) is 0.909. The molecule has 0 aromatic heterocycles. The number of aliphatic hydroxyl groups excluding tert-OH is 5. The largest absolute Gasteiger partial charge is 0.472 e. The van der Waals surface area contributed by atoms with E-state index in [4.69, 9.17) is 18.5 Å². The number of unbranched alkanes of at least 4 members (excludes halogenated alkanes) is 24. The molecule has 342 valence electrons. The summed E-state index contributed by atoms with van der Waals surface area (Å²) < 4.78 is 33.5. The first-order valence-electron chi connectivity index (χ1n) is 23.0. The minimum absolute atomic E-state index is 0.101. The summed E-state index contributed by atoms with van der Waals surface area (Å²) in [6.45, 7) is 3.29. The molecule has 1 aliphatic carbocycles. The van der Waals surface area contributed by atoms with Gasteiger partial charge in [0.1, 0.15) is 43.2 Å². The predicted octanol–water partition coefficient (Wildman–Crippen LogP) is 8.67. The number of carbonyl (C=O) groups excluding carboxylic acids is 2. The monoisotopic (exact) mass is 851 g/mol. The van der Waals surface area contributed by atoms with Crippen molar-refractivity contribution in [3.63, 3.8) is 0 Å². The van der Waals surface area contributed by atoms with Crippen molar-refractivity contribution in [3.8, 4) is 0 Å². The Morgan fingerprint density at radius 3 is 1.31 bits per heavy atom. The molecule has 0 amide bonds. The number of hydrogen-bond acceptors (Lipinski definition) is 12. The van der Waals surface area contributed by atoms with E-state index in [0.717, 1.165) is 57.8 Å². The van der Waals surface area contributed by atoms with E-state index in [0.29, 0.717) is 12.8 Å². The highest BCUT2D eigenvalue weighted by Gasteiger charge is 2.51. The highest BCUT2D eigenvalue weighted by Crippen LogP contribution is 2.47. The van der Waals surface area contributed by atoms with Crippen molar-refractivity contribution in [2.45, 2.75) is 243 Å². The van der Waals surface area contributed by atoms with Gasteiger partial charge >= 0.3 is 19.8 Å². The van der Waals surface area contributed by atoms with Crippen LogP contribution in [0.5, 0.6) is 0 Å². The molecule has 1 aliphatic rings. The zero-order chi connectivity index (χ0) is 42.9. The Kier molecular flexibility index (Phi) is 33.2. The van der Waals surface area contributed by atoms with Gasteiger partial charge in [0.15, 0.2) is 6.10 Å². The van der Waals surface area contributed by atoms with E-state index in [1.807, 2.05) is 0 Å². The van der Waals surface area contributed by atoms with Crippen LogP contribution in [0.2, 0.25) is 0 Å². The molecule has 0 bridgehead atoms. The number of phosphoric acid groups is 1. The molecule has 0 aromatic carbocycles. The molecule has 1 fully saturated rings. The van der Waals surface area contributed by atoms with Crippen LogP contribution in [0, 0.1) is 0 Å². The van der Waals surface area contributed by atoms with Crippen LogP contribution in [0.15, 0.2) is 12.2 Å². The second kappa shape index (κ2) is 35.2. The van der Waals surface area contributed by atoms with E-state index in [1.165, 1.54) is 103 Å². The molecular weight excluding hydrogens is 767 g/mol. The summed E-state index contributed by atoms with van der Waals surface area (Å²) in [5, 5.41) is 50.1. The van der Waals surface area contributed by atoms with Gasteiger partial charge in [-0.15, -0.1) is 0 Å². The third kappa shape index (κ3) is 27.4. The molecule has 14 heteroatoms. The average molecular weight is 851 g/mol. The van der Waals surface area contributed by atoms with Gasteiger partial charge in [-0.3, -0.25) is 18.6 Å². The van der Waals surface area contributed by atoms with Gasteiger partial charge in [0.25, 0.3) is 0 Å². The standard InChI is InChI=1S/C44H83O13P/c1-3-5-7-9-11-13-15-17-18-19-20-21-23-24-26-28-30-32-37(45)54-34-36(56-38(46)33-31-29-27-25-22-16-14-12-10-8-6-4-2)35-55-58(52,53)57-44-42(50)40(48)39(47)41(49)43(44)51/h17-18,36,39-44,47-51H,3-16,19-35H2,1-2H3,(H,52,53)/b18-17-/t36-,39?,40-,41?,42?,43?,44?/m1/s1. The third-order valence-corrected chi connectivity index (χ3v) is 11.8. The highest BCUT2D eigenvalue weighted by atomic mass is 31.2. The topological polar surface area (TPSA) is 210 Å². The van der Waals surface area contributed by atoms with E-state index >= 15 is 0 Å². The van der Waals surface area contributed by atoms with Crippen LogP contribution in [0.25, 0.3) is 0 Å². The quantitative estimate of drug-likeness (QED) is 0.0149. The van der Waals surface area contributed by atoms with Crippen LogP contribution >= 0.6 is 7.82 Å². The van der Waals surface area contributed by atoms with Crippen molar-refractivity contribution >= 4 is 19.8 Å². The Morgan fingerprint density at radius 1 is 0.517 bits per heavy atom. The number of allylic oxidation sites excluding steroid dienone is 2. The summed E-state index contributed by atoms with van der Waals surface area (Å²) in [7, 11) is -5.11. The Labute approximate surface area is 350 Å². The van der Waals surface area contributed by atoms with Gasteiger partial charge in [0.05, 0.1) is 6.61 Å². The molecule has 0 spiro atoms. The Morgan fingerprint density at radius 2 is 0.879 bits per heavy atom. The van der Waals surface area contributed by atoms with Crippen LogP contribution in [-0.4, -0.2) is 98.3 Å². The van der Waals surface area contributed by atoms with Gasteiger partial charge in [0, 0.05) is 12.8 Å². The summed E-state index contributed by atoms with van der Waals surface area (Å²) >= 11 is 0. The number of aliphatic hydroxyl groups is 5. The van der Waals surface area contributed by atoms with E-state index < -0.39 is 75.7 Å². The fourth-order valence-corrected chi connectivity index (χ4v) is 8.08. The van der Waals surface area contributed by atoms with Crippen LogP contribution < -0.4 is 0 Å². The number of carbonyl (C=O) groups is 2. The predicted molar refractivity (Wildman–Crippen MR) is 226 cm³/mol. The molecule has 58 heavy (non-hydrogen) atoms. The third-order valence-electron chi connectivity index (χ3n) is 10.9. The summed E-state index contributed by atoms with van der Waals surface area (Å²) in [4.78, 5) is 35.6. The van der Waals surface area contributed by atoms with E-state index in [1.54, 1.807) is 0 Å². The minimum Gasteiger partial charge on any atom is -0.462 e. The van der Waals surface area contributed by atoms with Gasteiger partial charge in [-0.1, -0.05) is 161 Å². The van der Waals surface area contributed by atoms with Crippen LogP contribution in [-0.2, 0) is 32.7 Å². The molecule has 0 aromatic rings. The first-order valence-corrected chi connectivity index (χ1v) is 24.5. The summed E-state index contributed by atoms with van der Waals surface area (Å²) in [5.74, 6) is -1.10. The first kappa shape index (κ1) is 54.6.